The number of rotatable bonds is 0. The summed E-state index contributed by atoms with van der Waals surface area (Å²) in [5.74, 6) is 0.388. The molecule has 6 nitrogen and oxygen atoms in total. The third-order valence-electron chi connectivity index (χ3n) is 2.21. The zero-order valence-electron chi connectivity index (χ0n) is 7.62. The molecule has 1 aromatic rings. The van der Waals surface area contributed by atoms with E-state index in [-0.39, 0.29) is 5.95 Å². The van der Waals surface area contributed by atoms with Gasteiger partial charge >= 0.3 is 0 Å². The minimum absolute atomic E-state index is 0.00666. The third kappa shape index (κ3) is 1.01. The van der Waals surface area contributed by atoms with Gasteiger partial charge in [0.05, 0.1) is 5.52 Å². The molecule has 0 aromatic heterocycles. The number of hydrogen-bond donors (Lipinski definition) is 2. The summed E-state index contributed by atoms with van der Waals surface area (Å²) < 4.78 is 0. The van der Waals surface area contributed by atoms with Gasteiger partial charge in [0.15, 0.2) is 11.5 Å². The predicted molar refractivity (Wildman–Crippen MR) is 53.5 cm³/mol. The van der Waals surface area contributed by atoms with Gasteiger partial charge in [0.25, 0.3) is 0 Å². The van der Waals surface area contributed by atoms with Crippen molar-refractivity contribution in [2.75, 3.05) is 5.73 Å². The summed E-state index contributed by atoms with van der Waals surface area (Å²) in [6.45, 7) is 0. The summed E-state index contributed by atoms with van der Waals surface area (Å²) in [6, 6.07) is 7.41. The van der Waals surface area contributed by atoms with Gasteiger partial charge in [-0.15, -0.1) is 0 Å². The van der Waals surface area contributed by atoms with Crippen molar-refractivity contribution in [3.05, 3.63) is 24.3 Å². The van der Waals surface area contributed by atoms with Crippen molar-refractivity contribution in [2.45, 2.75) is 0 Å². The van der Waals surface area contributed by atoms with Crippen LogP contribution in [0.25, 0.3) is 22.4 Å². The van der Waals surface area contributed by atoms with Crippen LogP contribution in [0.3, 0.4) is 0 Å². The number of anilines is 1. The van der Waals surface area contributed by atoms with E-state index in [1.807, 2.05) is 24.3 Å². The van der Waals surface area contributed by atoms with Gasteiger partial charge in [0, 0.05) is 5.39 Å². The van der Waals surface area contributed by atoms with Crippen LogP contribution in [0.15, 0.2) is 24.3 Å². The minimum Gasteiger partial charge on any atom is -0.411 e. The van der Waals surface area contributed by atoms with E-state index in [9.17, 15) is 5.21 Å². The highest BCUT2D eigenvalue weighted by Gasteiger charge is 2.18. The van der Waals surface area contributed by atoms with E-state index in [0.717, 1.165) is 10.9 Å². The molecule has 15 heavy (non-hydrogen) atoms. The minimum atomic E-state index is -0.00666. The van der Waals surface area contributed by atoms with Crippen molar-refractivity contribution in [1.82, 2.24) is 19.9 Å². The molecule has 0 amide bonds. The lowest BCUT2D eigenvalue weighted by atomic mass is 10.2. The smallest absolute Gasteiger partial charge is 0.243 e. The van der Waals surface area contributed by atoms with Gasteiger partial charge < -0.3 is 10.9 Å². The molecule has 0 radical (unpaired) electrons. The maximum atomic E-state index is 9.58. The maximum absolute atomic E-state index is 9.58. The van der Waals surface area contributed by atoms with Crippen LogP contribution in [-0.2, 0) is 0 Å². The van der Waals surface area contributed by atoms with Crippen molar-refractivity contribution >= 4 is 16.9 Å². The largest absolute Gasteiger partial charge is 0.411 e. The van der Waals surface area contributed by atoms with Gasteiger partial charge in [-0.05, 0) is 6.07 Å². The van der Waals surface area contributed by atoms with Crippen LogP contribution in [0.5, 0.6) is 0 Å². The highest BCUT2D eigenvalue weighted by molar-refractivity contribution is 5.94. The van der Waals surface area contributed by atoms with E-state index in [0.29, 0.717) is 16.4 Å². The van der Waals surface area contributed by atoms with Crippen LogP contribution >= 0.6 is 0 Å². The Balaban J connectivity index is 2.54. The van der Waals surface area contributed by atoms with Crippen molar-refractivity contribution < 1.29 is 5.21 Å². The van der Waals surface area contributed by atoms with Crippen LogP contribution in [0.2, 0.25) is 0 Å². The van der Waals surface area contributed by atoms with Gasteiger partial charge in [-0.1, -0.05) is 28.1 Å². The number of nitrogens with zero attached hydrogens (tertiary/aromatic N) is 4. The molecule has 6 heteroatoms. The highest BCUT2D eigenvalue weighted by Crippen LogP contribution is 2.28. The average Bonchev–Trinajstić information content (AvgIpc) is 2.54. The molecule has 2 heterocycles. The molecule has 3 N–H and O–H groups in total. The first-order chi connectivity index (χ1) is 7.25. The van der Waals surface area contributed by atoms with E-state index in [2.05, 4.69) is 15.1 Å². The lowest BCUT2D eigenvalue weighted by molar-refractivity contribution is 0.149. The Labute approximate surface area is 84.3 Å². The van der Waals surface area contributed by atoms with Crippen LogP contribution < -0.4 is 5.73 Å². The average molecular weight is 201 g/mol. The van der Waals surface area contributed by atoms with Gasteiger partial charge in [-0.2, -0.15) is 4.98 Å². The summed E-state index contributed by atoms with van der Waals surface area (Å²) in [5.41, 5.74) is 6.63. The Morgan fingerprint density at radius 1 is 1.20 bits per heavy atom. The second kappa shape index (κ2) is 2.57. The molecule has 0 bridgehead atoms. The summed E-state index contributed by atoms with van der Waals surface area (Å²) in [7, 11) is 0. The monoisotopic (exact) mass is 201 g/mol. The van der Waals surface area contributed by atoms with Gasteiger partial charge in [-0.25, -0.2) is 4.98 Å². The molecule has 2 aliphatic rings. The number of para-hydroxylation sites is 1. The molecular formula is C9H7N5O. The lowest BCUT2D eigenvalue weighted by Gasteiger charge is -2.02. The summed E-state index contributed by atoms with van der Waals surface area (Å²) in [5, 5.41) is 14.0. The van der Waals surface area contributed by atoms with Crippen molar-refractivity contribution in [2.24, 2.45) is 0 Å². The zero-order valence-corrected chi connectivity index (χ0v) is 7.62. The zero-order chi connectivity index (χ0) is 10.4. The molecule has 2 aliphatic heterocycles. The highest BCUT2D eigenvalue weighted by atomic mass is 16.5. The molecule has 1 aromatic carbocycles. The molecule has 0 spiro atoms. The van der Waals surface area contributed by atoms with E-state index in [1.165, 1.54) is 0 Å². The number of hydrogen-bond acceptors (Lipinski definition) is 5. The van der Waals surface area contributed by atoms with Crippen LogP contribution in [0, 0.1) is 0 Å². The molecule has 74 valence electrons. The molecule has 0 aliphatic carbocycles. The lowest BCUT2D eigenvalue weighted by Crippen LogP contribution is -2.09. The number of nitrogen functional groups attached to an aromatic ring is 1. The molecule has 0 saturated heterocycles. The standard InChI is InChI=1S/C9H7N5O/c10-9-12-8-7(14(15)13-9)5-3-1-2-4-6(5)11-8/h1-4,15H,(H2,10,13). The number of aromatic nitrogens is 4. The van der Waals surface area contributed by atoms with E-state index in [4.69, 9.17) is 5.73 Å². The molecule has 0 fully saturated rings. The van der Waals surface area contributed by atoms with Crippen molar-refractivity contribution in [1.29, 1.82) is 0 Å². The second-order valence-corrected chi connectivity index (χ2v) is 3.16. The van der Waals surface area contributed by atoms with E-state index in [1.54, 1.807) is 0 Å². The second-order valence-electron chi connectivity index (χ2n) is 3.16. The van der Waals surface area contributed by atoms with Crippen LogP contribution in [0.1, 0.15) is 0 Å². The third-order valence-corrected chi connectivity index (χ3v) is 2.21. The topological polar surface area (TPSA) is 89.8 Å². The number of nitrogens with two attached hydrogens (primary N) is 1. The van der Waals surface area contributed by atoms with Gasteiger partial charge in [0.2, 0.25) is 5.95 Å². The first kappa shape index (κ1) is 7.98. The quantitative estimate of drug-likeness (QED) is 0.524. The SMILES string of the molecule is Nc1nc2nc3ccccc3c-2n(O)n1. The summed E-state index contributed by atoms with van der Waals surface area (Å²) in [6.07, 6.45) is 0. The molecule has 0 atom stereocenters. The van der Waals surface area contributed by atoms with Crippen LogP contribution in [-0.4, -0.2) is 25.1 Å². The first-order valence-electron chi connectivity index (χ1n) is 4.36. The Morgan fingerprint density at radius 2 is 2.00 bits per heavy atom. The fourth-order valence-corrected chi connectivity index (χ4v) is 1.61. The molecular weight excluding hydrogens is 194 g/mol. The van der Waals surface area contributed by atoms with Crippen LogP contribution in [0.4, 0.5) is 5.95 Å². The summed E-state index contributed by atoms with van der Waals surface area (Å²) >= 11 is 0. The summed E-state index contributed by atoms with van der Waals surface area (Å²) in [4.78, 5) is 8.89. The van der Waals surface area contributed by atoms with E-state index >= 15 is 0 Å². The number of fused-ring (bicyclic) bond motifs is 3. The fraction of sp³-hybridized carbons (Fsp3) is 0. The Hall–Kier alpha value is -2.37. The number of benzene rings is 1. The predicted octanol–water partition coefficient (Wildman–Crippen LogP) is 0.751. The van der Waals surface area contributed by atoms with Gasteiger partial charge in [-0.3, -0.25) is 0 Å². The Kier molecular flexibility index (Phi) is 1.37. The van der Waals surface area contributed by atoms with Crippen molar-refractivity contribution in [3.8, 4) is 11.5 Å². The van der Waals surface area contributed by atoms with Crippen molar-refractivity contribution in [3.63, 3.8) is 0 Å². The molecule has 0 saturated carbocycles. The van der Waals surface area contributed by atoms with Gasteiger partial charge in [0.1, 0.15) is 0 Å². The van der Waals surface area contributed by atoms with E-state index < -0.39 is 0 Å². The Morgan fingerprint density at radius 3 is 2.87 bits per heavy atom. The Bertz CT molecular complexity index is 617. The normalized spacial score (nSPS) is 11.2. The fourth-order valence-electron chi connectivity index (χ4n) is 1.61. The first-order valence-corrected chi connectivity index (χ1v) is 4.36. The molecule has 3 rings (SSSR count). The maximum Gasteiger partial charge on any atom is 0.243 e. The molecule has 0 unspecified atom stereocenters.